The summed E-state index contributed by atoms with van der Waals surface area (Å²) in [6, 6.07) is -0.525. The summed E-state index contributed by atoms with van der Waals surface area (Å²) < 4.78 is 1.45. The number of aromatic amines is 1. The smallest absolute Gasteiger partial charge is 0.323 e. The quantitative estimate of drug-likeness (QED) is 0.0330. The molecule has 0 spiro atoms. The number of aliphatic carboxylic acids is 2. The Morgan fingerprint density at radius 1 is 0.567 bits per heavy atom. The Labute approximate surface area is 781 Å². The fraction of sp³-hybridized carbons (Fsp3) is 0.565. The van der Waals surface area contributed by atoms with E-state index in [0.717, 1.165) is 31.4 Å². The molecule has 3 fully saturated rings. The van der Waals surface area contributed by atoms with Crippen LogP contribution in [0.15, 0.2) is 85.2 Å². The predicted molar refractivity (Wildman–Crippen MR) is 494 cm³/mol. The van der Waals surface area contributed by atoms with E-state index in [2.05, 4.69) is 52.8 Å². The number of aliphatic hydroxyl groups is 1. The van der Waals surface area contributed by atoms with E-state index >= 15 is 33.6 Å². The van der Waals surface area contributed by atoms with Gasteiger partial charge in [-0.25, -0.2) is 0 Å². The van der Waals surface area contributed by atoms with Crippen molar-refractivity contribution in [1.29, 1.82) is 0 Å². The standard InChI is InChI=1S/C92H131N19O22S/c1-11-13-23-71-86(127)100-63(34-50(3)4)84(125)105-69(82(123)97-44-76(95)115)48-134-49-77(116)98-65(36-53-27-29-57(112)30-28-53)88(129)106(8)52(7)80(121)101-67(41-78(117)118)90(131)110-33-19-26-72(110)87(128)104-68(42-94)85(126)102-64(35-51(5)6)91(132)111-46-58(113)40-74(111)75(114)39-54(37-55-43-96-61-22-17-15-20-59(55)61)81(122)99-62(31-32-93)83(124)103-66(89(130)108(10)73(24-14-12-2)92(133)107(71)9)38-56-45-109(47-79(119)120)70-25-18-16-21-60(56)70/h15-18,20-22,25,27-30,43,45,50-52,54,58,62-69,71-74,96,112-113H,11-14,19,23-24,26,31-42,44,46-49,93-94H2,1-10H3,(H2,95,115)(H,97,123)(H,98,116)(H,99,122)(H,100,127)(H,101,121)(H,102,126)(H,103,124)(H,104,128)(H,105,125)(H,117,118)(H,119,120)/t52-,54+,58+,62-,63-,64-,65-,66-,67-,68-,69-,71-,72-,73-,74-/m0/s1. The second-order valence-corrected chi connectivity index (χ2v) is 36.6. The highest BCUT2D eigenvalue weighted by Gasteiger charge is 2.47. The van der Waals surface area contributed by atoms with Crippen LogP contribution in [0.5, 0.6) is 5.75 Å². The number of aromatic hydroxyl groups is 1. The van der Waals surface area contributed by atoms with Crippen LogP contribution in [0.1, 0.15) is 155 Å². The lowest BCUT2D eigenvalue weighted by Crippen LogP contribution is -2.61. The molecule has 3 aliphatic heterocycles. The van der Waals surface area contributed by atoms with E-state index in [1.54, 1.807) is 82.4 Å². The molecule has 20 N–H and O–H groups in total. The van der Waals surface area contributed by atoms with Gasteiger partial charge >= 0.3 is 11.9 Å². The number of carbonyl (C=O) groups excluding carboxylic acids is 16. The molecule has 15 amide bonds. The molecule has 41 nitrogen and oxygen atoms in total. The number of primary amides is 1. The third-order valence-corrected chi connectivity index (χ3v) is 25.4. The number of thioether (sulfide) groups is 1. The lowest BCUT2D eigenvalue weighted by molar-refractivity contribution is -0.149. The number of ketones is 1. The highest BCUT2D eigenvalue weighted by atomic mass is 32.2. The fourth-order valence-electron chi connectivity index (χ4n) is 17.1. The Hall–Kier alpha value is -12.6. The largest absolute Gasteiger partial charge is 0.508 e. The van der Waals surface area contributed by atoms with Crippen LogP contribution in [0.2, 0.25) is 0 Å². The SMILES string of the molecule is CCCC[C@H]1C(=O)N(C)[C@@H](CCCC)C(=O)N[C@@H](CC(C)C)C(=O)N[C@H](C(=O)NCC(N)=O)CSCC(=O)N[C@@H](Cc2ccc(O)cc2)C(=O)N(C)[C@@H](C)C(=O)N[C@@H](CC(=O)O)C(=O)N2CCC[C@H]2C(=O)N[C@@H](CN)C(=O)N[C@@H](CC(C)C)C(=O)N2C[C@H](O)C[C@H]2C(=O)C[C@@H](Cc2c[nH]c3ccccc23)C(=O)N[C@@H](CCN)C(=O)N[C@@H](Cc2cn(CC(=O)O)c3ccccc23)C(=O)N1C. The molecule has 3 aromatic carbocycles. The lowest BCUT2D eigenvalue weighted by atomic mass is 9.90. The summed E-state index contributed by atoms with van der Waals surface area (Å²) in [6.07, 6.45) is 0.330. The summed E-state index contributed by atoms with van der Waals surface area (Å²) in [5.74, 6) is -20.5. The van der Waals surface area contributed by atoms with Gasteiger partial charge in [0.25, 0.3) is 0 Å². The molecule has 732 valence electrons. The highest BCUT2D eigenvalue weighted by molar-refractivity contribution is 8.00. The second-order valence-electron chi connectivity index (χ2n) is 35.5. The summed E-state index contributed by atoms with van der Waals surface area (Å²) in [5.41, 5.74) is 20.3. The summed E-state index contributed by atoms with van der Waals surface area (Å²) in [4.78, 5) is 270. The number of Topliss-reactive ketones (excluding diaryl/α,β-unsaturated/α-hetero) is 1. The van der Waals surface area contributed by atoms with E-state index < -0.39 is 247 Å². The number of carboxylic acids is 2. The maximum Gasteiger partial charge on any atom is 0.323 e. The first-order chi connectivity index (χ1) is 63.6. The van der Waals surface area contributed by atoms with E-state index in [1.165, 1.54) is 68.0 Å². The van der Waals surface area contributed by atoms with Gasteiger partial charge in [-0.1, -0.05) is 116 Å². The molecule has 0 saturated carbocycles. The molecule has 0 unspecified atom stereocenters. The number of para-hydroxylation sites is 2. The van der Waals surface area contributed by atoms with E-state index in [4.69, 9.17) is 17.2 Å². The summed E-state index contributed by atoms with van der Waals surface area (Å²) in [5, 5.41) is 66.9. The molecule has 0 aliphatic carbocycles. The minimum absolute atomic E-state index is 0.00316. The highest BCUT2D eigenvalue weighted by Crippen LogP contribution is 2.31. The number of carbonyl (C=O) groups is 18. The molecular weight excluding hydrogens is 1760 g/mol. The molecule has 5 aromatic rings. The fourth-order valence-corrected chi connectivity index (χ4v) is 17.9. The van der Waals surface area contributed by atoms with Gasteiger partial charge in [-0.15, -0.1) is 11.8 Å². The molecule has 0 bridgehead atoms. The summed E-state index contributed by atoms with van der Waals surface area (Å²) in [6.45, 7) is 9.25. The van der Waals surface area contributed by atoms with Crippen molar-refractivity contribution in [3.63, 3.8) is 0 Å². The van der Waals surface area contributed by atoms with Gasteiger partial charge in [-0.2, -0.15) is 0 Å². The molecule has 8 rings (SSSR count). The number of nitrogens with zero attached hydrogens (tertiary/aromatic N) is 6. The normalized spacial score (nSPS) is 25.0. The van der Waals surface area contributed by atoms with Crippen LogP contribution in [-0.2, 0) is 112 Å². The minimum atomic E-state index is -1.89. The Bertz CT molecular complexity index is 5040. The molecule has 15 atom stereocenters. The van der Waals surface area contributed by atoms with Crippen molar-refractivity contribution >= 4 is 140 Å². The number of phenolic OH excluding ortho intramolecular Hbond substituents is 1. The van der Waals surface area contributed by atoms with Crippen molar-refractivity contribution in [2.24, 2.45) is 35.0 Å². The number of hydrogen-bond donors (Lipinski definition) is 17. The molecule has 3 saturated heterocycles. The summed E-state index contributed by atoms with van der Waals surface area (Å²) >= 11 is 0.777. The van der Waals surface area contributed by atoms with Gasteiger partial charge in [-0.05, 0) is 118 Å². The number of carboxylic acid groups (broad SMARTS) is 2. The third kappa shape index (κ3) is 29.5. The van der Waals surface area contributed by atoms with Crippen LogP contribution in [0.3, 0.4) is 0 Å². The average Bonchev–Trinajstić information content (AvgIpc) is 1.64. The monoisotopic (exact) mass is 1890 g/mol. The zero-order valence-electron chi connectivity index (χ0n) is 77.5. The number of fused-ring (bicyclic) bond motifs is 4. The van der Waals surface area contributed by atoms with Crippen molar-refractivity contribution in [2.45, 2.75) is 249 Å². The van der Waals surface area contributed by atoms with E-state index in [0.29, 0.717) is 64.2 Å². The van der Waals surface area contributed by atoms with Crippen LogP contribution in [0, 0.1) is 17.8 Å². The number of nitrogens with two attached hydrogens (primary N) is 3. The Morgan fingerprint density at radius 2 is 1.14 bits per heavy atom. The number of nitrogens with one attached hydrogen (secondary N) is 10. The zero-order valence-corrected chi connectivity index (χ0v) is 78.4. The van der Waals surface area contributed by atoms with Gasteiger partial charge in [0.2, 0.25) is 88.6 Å². The predicted octanol–water partition coefficient (Wildman–Crippen LogP) is -0.549. The van der Waals surface area contributed by atoms with Gasteiger partial charge in [0.1, 0.15) is 84.8 Å². The first-order valence-corrected chi connectivity index (χ1v) is 46.6. The van der Waals surface area contributed by atoms with Gasteiger partial charge in [0, 0.05) is 112 Å². The van der Waals surface area contributed by atoms with Crippen LogP contribution in [-0.4, -0.2) is 311 Å². The minimum Gasteiger partial charge on any atom is -0.508 e. The number of likely N-dealkylation sites (N-methyl/N-ethyl adjacent to an activating group) is 3. The van der Waals surface area contributed by atoms with Crippen LogP contribution in [0.25, 0.3) is 21.8 Å². The molecular formula is C92H131N19O22S. The number of aliphatic hydroxyl groups excluding tert-OH is 1. The maximum absolute atomic E-state index is 16.0. The molecule has 2 aromatic heterocycles. The zero-order chi connectivity index (χ0) is 98.6. The number of benzene rings is 3. The number of amides is 15. The number of phenols is 1. The topological polar surface area (TPSA) is 611 Å². The number of hydrogen-bond acceptors (Lipinski definition) is 23. The third-order valence-electron chi connectivity index (χ3n) is 24.3. The van der Waals surface area contributed by atoms with Crippen LogP contribution < -0.4 is 65.1 Å². The number of aromatic nitrogens is 2. The first kappa shape index (κ1) is 107. The van der Waals surface area contributed by atoms with Gasteiger partial charge < -0.3 is 120 Å². The van der Waals surface area contributed by atoms with E-state index in [-0.39, 0.29) is 101 Å². The second kappa shape index (κ2) is 50.5. The Balaban J connectivity index is 1.21. The van der Waals surface area contributed by atoms with Gasteiger partial charge in [0.15, 0.2) is 5.78 Å². The van der Waals surface area contributed by atoms with Crippen molar-refractivity contribution in [2.75, 3.05) is 65.4 Å². The van der Waals surface area contributed by atoms with Crippen molar-refractivity contribution in [1.82, 2.24) is 81.9 Å². The first-order valence-electron chi connectivity index (χ1n) is 45.5. The molecule has 5 heterocycles. The maximum atomic E-state index is 16.0. The molecule has 134 heavy (non-hydrogen) atoms. The van der Waals surface area contributed by atoms with E-state index in [1.807, 2.05) is 13.8 Å². The number of H-pyrrole nitrogens is 1. The number of rotatable bonds is 26. The molecule has 3 aliphatic rings. The van der Waals surface area contributed by atoms with Crippen molar-refractivity contribution < 1.29 is 107 Å². The summed E-state index contributed by atoms with van der Waals surface area (Å²) in [7, 11) is 3.90. The number of unbranched alkanes of at least 4 members (excludes halogenated alkanes) is 2. The lowest BCUT2D eigenvalue weighted by Gasteiger charge is -2.36. The Morgan fingerprint density at radius 3 is 1.78 bits per heavy atom. The molecule has 42 heteroatoms. The average molecular weight is 1890 g/mol. The van der Waals surface area contributed by atoms with Crippen molar-refractivity contribution in [3.05, 3.63) is 102 Å². The van der Waals surface area contributed by atoms with Crippen LogP contribution >= 0.6 is 11.8 Å². The van der Waals surface area contributed by atoms with Gasteiger partial charge in [-0.3, -0.25) is 86.3 Å². The van der Waals surface area contributed by atoms with Gasteiger partial charge in [0.05, 0.1) is 30.9 Å². The Kier molecular flexibility index (Phi) is 40.2. The molecule has 0 radical (unpaired) electrons. The van der Waals surface area contributed by atoms with Crippen LogP contribution in [0.4, 0.5) is 0 Å². The van der Waals surface area contributed by atoms with Crippen molar-refractivity contribution in [3.8, 4) is 5.75 Å². The van der Waals surface area contributed by atoms with E-state index in [9.17, 15) is 73.2 Å².